The fraction of sp³-hybridized carbons (Fsp3) is 0.222. The van der Waals surface area contributed by atoms with E-state index >= 15 is 0 Å². The van der Waals surface area contributed by atoms with Gasteiger partial charge in [0.2, 0.25) is 5.82 Å². The van der Waals surface area contributed by atoms with E-state index in [0.29, 0.717) is 17.7 Å². The molecular formula is C27H25F2N3O4. The fourth-order valence-electron chi connectivity index (χ4n) is 4.09. The number of aliphatic carboxylic acids is 1. The minimum atomic E-state index is -1.11. The van der Waals surface area contributed by atoms with E-state index in [2.05, 4.69) is 10.1 Å². The smallest absolute Gasteiger partial charge is 0.317 e. The number of nitrogens with zero attached hydrogens (tertiary/aromatic N) is 3. The van der Waals surface area contributed by atoms with Gasteiger partial charge < -0.3 is 14.4 Å². The van der Waals surface area contributed by atoms with E-state index in [1.165, 1.54) is 11.0 Å². The van der Waals surface area contributed by atoms with Crippen LogP contribution in [-0.2, 0) is 22.7 Å². The minimum absolute atomic E-state index is 0.0992. The number of likely N-dealkylation sites (N-methyl/N-ethyl adjacent to an activating group) is 1. The van der Waals surface area contributed by atoms with Gasteiger partial charge in [-0.3, -0.25) is 9.69 Å². The lowest BCUT2D eigenvalue weighted by Gasteiger charge is -2.14. The van der Waals surface area contributed by atoms with Gasteiger partial charge in [-0.2, -0.15) is 4.98 Å². The second-order valence-electron chi connectivity index (χ2n) is 8.55. The van der Waals surface area contributed by atoms with Crippen molar-refractivity contribution in [2.45, 2.75) is 20.1 Å². The molecule has 0 saturated carbocycles. The Bertz CT molecular complexity index is 1400. The van der Waals surface area contributed by atoms with Gasteiger partial charge >= 0.3 is 5.97 Å². The monoisotopic (exact) mass is 493 g/mol. The Balaban J connectivity index is 1.68. The Morgan fingerprint density at radius 3 is 2.58 bits per heavy atom. The number of benzene rings is 3. The number of hydrogen-bond acceptors (Lipinski definition) is 6. The number of halogens is 2. The Morgan fingerprint density at radius 2 is 1.86 bits per heavy atom. The number of carbonyl (C=O) groups is 1. The molecule has 0 unspecified atom stereocenters. The lowest BCUT2D eigenvalue weighted by molar-refractivity contribution is -0.138. The molecule has 7 nitrogen and oxygen atoms in total. The van der Waals surface area contributed by atoms with Gasteiger partial charge in [-0.05, 0) is 66.1 Å². The van der Waals surface area contributed by atoms with Crippen molar-refractivity contribution in [1.82, 2.24) is 15.0 Å². The predicted molar refractivity (Wildman–Crippen MR) is 130 cm³/mol. The molecular weight excluding hydrogens is 468 g/mol. The first-order chi connectivity index (χ1) is 17.3. The molecule has 3 aromatic carbocycles. The summed E-state index contributed by atoms with van der Waals surface area (Å²) in [6, 6.07) is 16.1. The lowest BCUT2D eigenvalue weighted by Crippen LogP contribution is -2.25. The molecule has 0 atom stereocenters. The number of carboxylic acid groups (broad SMARTS) is 1. The molecule has 0 aliphatic carbocycles. The van der Waals surface area contributed by atoms with Crippen molar-refractivity contribution in [3.05, 3.63) is 82.9 Å². The van der Waals surface area contributed by atoms with Gasteiger partial charge in [-0.1, -0.05) is 35.5 Å². The average molecular weight is 494 g/mol. The number of ether oxygens (including phenoxy) is 1. The van der Waals surface area contributed by atoms with E-state index in [1.807, 2.05) is 49.4 Å². The van der Waals surface area contributed by atoms with Crippen molar-refractivity contribution in [3.63, 3.8) is 0 Å². The van der Waals surface area contributed by atoms with Crippen LogP contribution in [0, 0.1) is 18.6 Å². The highest BCUT2D eigenvalue weighted by Gasteiger charge is 2.20. The van der Waals surface area contributed by atoms with Crippen LogP contribution in [0.1, 0.15) is 16.7 Å². The zero-order valence-corrected chi connectivity index (χ0v) is 20.1. The maximum atomic E-state index is 14.6. The summed E-state index contributed by atoms with van der Waals surface area (Å²) in [5.74, 6) is -3.18. The van der Waals surface area contributed by atoms with Gasteiger partial charge in [0.1, 0.15) is 0 Å². The number of carboxylic acids is 1. The zero-order valence-electron chi connectivity index (χ0n) is 20.1. The molecule has 0 radical (unpaired) electrons. The van der Waals surface area contributed by atoms with Crippen molar-refractivity contribution >= 4 is 5.97 Å². The zero-order chi connectivity index (χ0) is 25.8. The summed E-state index contributed by atoms with van der Waals surface area (Å²) < 4.78 is 39.8. The molecule has 4 aromatic rings. The Labute approximate surface area is 207 Å². The molecule has 1 heterocycles. The Morgan fingerprint density at radius 1 is 1.08 bits per heavy atom. The van der Waals surface area contributed by atoms with E-state index in [9.17, 15) is 13.6 Å². The fourth-order valence-corrected chi connectivity index (χ4v) is 4.09. The van der Waals surface area contributed by atoms with Crippen molar-refractivity contribution in [2.75, 3.05) is 20.7 Å². The summed E-state index contributed by atoms with van der Waals surface area (Å²) in [6.07, 6.45) is 0. The van der Waals surface area contributed by atoms with E-state index in [0.717, 1.165) is 28.3 Å². The van der Waals surface area contributed by atoms with Crippen LogP contribution < -0.4 is 0 Å². The van der Waals surface area contributed by atoms with Crippen molar-refractivity contribution in [1.29, 1.82) is 0 Å². The molecule has 4 rings (SSSR count). The number of rotatable bonds is 9. The standard InChI is InChI=1S/C27H25F2N3O4/c1-16-6-4-5-7-20(16)21-9-8-18(12-19(21)15-35-3)27-30-26(31-36-27)22-10-17(11-23(28)25(22)29)13-32(2)14-24(33)34/h4-12H,13-15H2,1-3H3,(H,33,34). The first-order valence-electron chi connectivity index (χ1n) is 11.2. The van der Waals surface area contributed by atoms with Crippen LogP contribution >= 0.6 is 0 Å². The normalized spacial score (nSPS) is 11.3. The number of aromatic nitrogens is 2. The molecule has 9 heteroatoms. The van der Waals surface area contributed by atoms with E-state index in [-0.39, 0.29) is 30.4 Å². The molecule has 0 bridgehead atoms. The molecule has 0 amide bonds. The quantitative estimate of drug-likeness (QED) is 0.338. The molecule has 0 saturated heterocycles. The van der Waals surface area contributed by atoms with Crippen molar-refractivity contribution in [3.8, 4) is 34.0 Å². The summed E-state index contributed by atoms with van der Waals surface area (Å²) in [5, 5.41) is 12.8. The van der Waals surface area contributed by atoms with Gasteiger partial charge in [0.05, 0.1) is 18.7 Å². The van der Waals surface area contributed by atoms with Crippen LogP contribution in [-0.4, -0.2) is 46.8 Å². The van der Waals surface area contributed by atoms with Gasteiger partial charge in [-0.25, -0.2) is 8.78 Å². The third-order valence-corrected chi connectivity index (χ3v) is 5.70. The highest BCUT2D eigenvalue weighted by molar-refractivity contribution is 5.74. The number of aryl methyl sites for hydroxylation is 1. The second-order valence-corrected chi connectivity index (χ2v) is 8.55. The third kappa shape index (κ3) is 5.48. The van der Waals surface area contributed by atoms with Crippen LogP contribution in [0.5, 0.6) is 0 Å². The summed E-state index contributed by atoms with van der Waals surface area (Å²) in [4.78, 5) is 16.7. The molecule has 0 aliphatic rings. The van der Waals surface area contributed by atoms with Crippen LogP contribution in [0.3, 0.4) is 0 Å². The summed E-state index contributed by atoms with van der Waals surface area (Å²) in [6.45, 7) is 2.24. The maximum absolute atomic E-state index is 14.6. The van der Waals surface area contributed by atoms with Crippen LogP contribution in [0.25, 0.3) is 34.0 Å². The maximum Gasteiger partial charge on any atom is 0.317 e. The molecule has 1 N–H and O–H groups in total. The van der Waals surface area contributed by atoms with Gasteiger partial charge in [0, 0.05) is 19.2 Å². The molecule has 0 fully saturated rings. The van der Waals surface area contributed by atoms with E-state index in [4.69, 9.17) is 14.4 Å². The predicted octanol–water partition coefficient (Wildman–Crippen LogP) is 5.32. The van der Waals surface area contributed by atoms with E-state index < -0.39 is 17.6 Å². The SMILES string of the molecule is COCc1cc(-c2nc(-c3cc(CN(C)CC(=O)O)cc(F)c3F)no2)ccc1-c1ccccc1C. The highest BCUT2D eigenvalue weighted by Crippen LogP contribution is 2.32. The highest BCUT2D eigenvalue weighted by atomic mass is 19.2. The Hall–Kier alpha value is -3.95. The molecule has 0 aliphatic heterocycles. The van der Waals surface area contributed by atoms with Gasteiger partial charge in [0.25, 0.3) is 5.89 Å². The van der Waals surface area contributed by atoms with Crippen molar-refractivity contribution < 1.29 is 27.9 Å². The van der Waals surface area contributed by atoms with Crippen molar-refractivity contribution in [2.24, 2.45) is 0 Å². The van der Waals surface area contributed by atoms with E-state index in [1.54, 1.807) is 14.2 Å². The minimum Gasteiger partial charge on any atom is -0.480 e. The first kappa shape index (κ1) is 25.2. The van der Waals surface area contributed by atoms with Gasteiger partial charge in [0.15, 0.2) is 11.6 Å². The summed E-state index contributed by atoms with van der Waals surface area (Å²) >= 11 is 0. The molecule has 186 valence electrons. The average Bonchev–Trinajstić information content (AvgIpc) is 3.31. The Kier molecular flexibility index (Phi) is 7.52. The number of methoxy groups -OCH3 is 1. The number of hydrogen-bond donors (Lipinski definition) is 1. The van der Waals surface area contributed by atoms with Crippen LogP contribution in [0.15, 0.2) is 59.1 Å². The van der Waals surface area contributed by atoms with Crippen LogP contribution in [0.4, 0.5) is 8.78 Å². The third-order valence-electron chi connectivity index (χ3n) is 5.70. The molecule has 1 aromatic heterocycles. The van der Waals surface area contributed by atoms with Gasteiger partial charge in [-0.15, -0.1) is 0 Å². The molecule has 36 heavy (non-hydrogen) atoms. The lowest BCUT2D eigenvalue weighted by atomic mass is 9.94. The first-order valence-corrected chi connectivity index (χ1v) is 11.2. The topological polar surface area (TPSA) is 88.7 Å². The largest absolute Gasteiger partial charge is 0.480 e. The summed E-state index contributed by atoms with van der Waals surface area (Å²) in [5.41, 5.74) is 4.92. The second kappa shape index (κ2) is 10.8. The van der Waals surface area contributed by atoms with Crippen LogP contribution in [0.2, 0.25) is 0 Å². The summed E-state index contributed by atoms with van der Waals surface area (Å²) in [7, 11) is 3.18. The molecule has 0 spiro atoms.